The topological polar surface area (TPSA) is 37.8 Å². The van der Waals surface area contributed by atoms with Gasteiger partial charge in [0.2, 0.25) is 0 Å². The first-order valence-corrected chi connectivity index (χ1v) is 9.25. The maximum atomic E-state index is 4.46. The minimum absolute atomic E-state index is 0.325. The molecule has 0 radical (unpaired) electrons. The van der Waals surface area contributed by atoms with Crippen molar-refractivity contribution in [3.8, 4) is 22.3 Å². The van der Waals surface area contributed by atoms with Crippen molar-refractivity contribution in [1.29, 1.82) is 0 Å². The van der Waals surface area contributed by atoms with E-state index in [0.717, 1.165) is 16.0 Å². The van der Waals surface area contributed by atoms with Crippen molar-refractivity contribution >= 4 is 27.4 Å². The Morgan fingerprint density at radius 3 is 2.24 bits per heavy atom. The molecule has 0 unspecified atom stereocenters. The van der Waals surface area contributed by atoms with E-state index in [0.29, 0.717) is 6.04 Å². The molecule has 4 aromatic rings. The van der Waals surface area contributed by atoms with Crippen molar-refractivity contribution in [1.82, 2.24) is 9.97 Å². The summed E-state index contributed by atoms with van der Waals surface area (Å²) < 4.78 is 0. The molecule has 2 aromatic heterocycles. The second-order valence-corrected chi connectivity index (χ2v) is 7.15. The molecule has 0 aliphatic rings. The molecule has 0 saturated heterocycles. The van der Waals surface area contributed by atoms with Crippen LogP contribution >= 0.6 is 11.3 Å². The zero-order valence-electron chi connectivity index (χ0n) is 14.2. The lowest BCUT2D eigenvalue weighted by Crippen LogP contribution is -2.11. The fourth-order valence-electron chi connectivity index (χ4n) is 2.94. The largest absolute Gasteiger partial charge is 0.367 e. The summed E-state index contributed by atoms with van der Waals surface area (Å²) in [6.07, 6.45) is 1.63. The Bertz CT molecular complexity index is 989. The van der Waals surface area contributed by atoms with Crippen LogP contribution in [0.25, 0.3) is 32.5 Å². The van der Waals surface area contributed by atoms with Crippen molar-refractivity contribution in [3.63, 3.8) is 0 Å². The summed E-state index contributed by atoms with van der Waals surface area (Å²) in [5, 5.41) is 6.71. The molecule has 2 heterocycles. The minimum atomic E-state index is 0.325. The molecular weight excluding hydrogens is 326 g/mol. The summed E-state index contributed by atoms with van der Waals surface area (Å²) in [4.78, 5) is 9.90. The third-order valence-electron chi connectivity index (χ3n) is 4.10. The van der Waals surface area contributed by atoms with E-state index in [-0.39, 0.29) is 0 Å². The van der Waals surface area contributed by atoms with E-state index in [1.165, 1.54) is 22.3 Å². The van der Waals surface area contributed by atoms with Crippen LogP contribution in [-0.4, -0.2) is 16.0 Å². The Morgan fingerprint density at radius 2 is 1.52 bits per heavy atom. The Morgan fingerprint density at radius 1 is 0.840 bits per heavy atom. The highest BCUT2D eigenvalue weighted by atomic mass is 32.1. The predicted molar refractivity (Wildman–Crippen MR) is 107 cm³/mol. The number of nitrogens with zero attached hydrogens (tertiary/aromatic N) is 2. The van der Waals surface area contributed by atoms with Gasteiger partial charge in [0.05, 0.1) is 5.39 Å². The van der Waals surface area contributed by atoms with Gasteiger partial charge in [0.25, 0.3) is 0 Å². The molecule has 0 bridgehead atoms. The SMILES string of the molecule is CC(C)Nc1ncnc2scc(-c3ccc(-c4ccccc4)cc3)c12. The summed E-state index contributed by atoms with van der Waals surface area (Å²) in [5.41, 5.74) is 4.83. The smallest absolute Gasteiger partial charge is 0.139 e. The van der Waals surface area contributed by atoms with Gasteiger partial charge in [-0.1, -0.05) is 54.6 Å². The summed E-state index contributed by atoms with van der Waals surface area (Å²) in [5.74, 6) is 0.906. The van der Waals surface area contributed by atoms with E-state index in [4.69, 9.17) is 0 Å². The molecule has 0 amide bonds. The second kappa shape index (κ2) is 6.65. The molecule has 124 valence electrons. The summed E-state index contributed by atoms with van der Waals surface area (Å²) in [6, 6.07) is 19.5. The van der Waals surface area contributed by atoms with Crippen LogP contribution in [-0.2, 0) is 0 Å². The monoisotopic (exact) mass is 345 g/mol. The van der Waals surface area contributed by atoms with E-state index in [9.17, 15) is 0 Å². The van der Waals surface area contributed by atoms with Gasteiger partial charge >= 0.3 is 0 Å². The van der Waals surface area contributed by atoms with E-state index >= 15 is 0 Å². The molecule has 25 heavy (non-hydrogen) atoms. The highest BCUT2D eigenvalue weighted by Gasteiger charge is 2.13. The fraction of sp³-hybridized carbons (Fsp3) is 0.143. The normalized spacial score (nSPS) is 11.2. The molecule has 0 fully saturated rings. The van der Waals surface area contributed by atoms with E-state index in [1.807, 2.05) is 6.07 Å². The lowest BCUT2D eigenvalue weighted by Gasteiger charge is -2.11. The van der Waals surface area contributed by atoms with Crippen LogP contribution in [0.2, 0.25) is 0 Å². The zero-order valence-corrected chi connectivity index (χ0v) is 15.0. The molecule has 0 saturated carbocycles. The van der Waals surface area contributed by atoms with Gasteiger partial charge in [-0.2, -0.15) is 0 Å². The first-order valence-electron chi connectivity index (χ1n) is 8.37. The number of thiophene rings is 1. The highest BCUT2D eigenvalue weighted by molar-refractivity contribution is 7.17. The molecule has 0 aliphatic carbocycles. The van der Waals surface area contributed by atoms with Crippen LogP contribution in [0.15, 0.2) is 66.3 Å². The first-order chi connectivity index (χ1) is 12.2. The summed E-state index contributed by atoms with van der Waals surface area (Å²) in [6.45, 7) is 4.24. The third-order valence-corrected chi connectivity index (χ3v) is 4.99. The quantitative estimate of drug-likeness (QED) is 0.504. The number of rotatable bonds is 4. The van der Waals surface area contributed by atoms with Gasteiger partial charge in [-0.15, -0.1) is 11.3 Å². The van der Waals surface area contributed by atoms with Crippen LogP contribution in [0.5, 0.6) is 0 Å². The number of anilines is 1. The van der Waals surface area contributed by atoms with Gasteiger partial charge in [0.1, 0.15) is 17.0 Å². The van der Waals surface area contributed by atoms with Crippen molar-refractivity contribution in [2.24, 2.45) is 0 Å². The Hall–Kier alpha value is -2.72. The fourth-order valence-corrected chi connectivity index (χ4v) is 3.86. The molecule has 3 nitrogen and oxygen atoms in total. The van der Waals surface area contributed by atoms with Crippen molar-refractivity contribution in [2.45, 2.75) is 19.9 Å². The molecular formula is C21H19N3S. The summed E-state index contributed by atoms with van der Waals surface area (Å²) >= 11 is 1.66. The van der Waals surface area contributed by atoms with Gasteiger partial charge in [-0.3, -0.25) is 0 Å². The van der Waals surface area contributed by atoms with Gasteiger partial charge in [0.15, 0.2) is 0 Å². The Balaban J connectivity index is 1.77. The van der Waals surface area contributed by atoms with E-state index < -0.39 is 0 Å². The van der Waals surface area contributed by atoms with Gasteiger partial charge in [0, 0.05) is 17.0 Å². The molecule has 0 atom stereocenters. The van der Waals surface area contributed by atoms with Crippen molar-refractivity contribution in [2.75, 3.05) is 5.32 Å². The average molecular weight is 345 g/mol. The van der Waals surface area contributed by atoms with Crippen LogP contribution in [0.4, 0.5) is 5.82 Å². The van der Waals surface area contributed by atoms with Gasteiger partial charge in [-0.05, 0) is 30.5 Å². The summed E-state index contributed by atoms with van der Waals surface area (Å²) in [7, 11) is 0. The average Bonchev–Trinajstić information content (AvgIpc) is 3.07. The lowest BCUT2D eigenvalue weighted by molar-refractivity contribution is 0.890. The van der Waals surface area contributed by atoms with Crippen LogP contribution in [0.3, 0.4) is 0 Å². The molecule has 0 aliphatic heterocycles. The first kappa shape index (κ1) is 15.8. The Kier molecular flexibility index (Phi) is 4.20. The predicted octanol–water partition coefficient (Wildman–Crippen LogP) is 5.85. The van der Waals surface area contributed by atoms with Crippen LogP contribution in [0, 0.1) is 0 Å². The van der Waals surface area contributed by atoms with Gasteiger partial charge < -0.3 is 5.32 Å². The van der Waals surface area contributed by atoms with Crippen molar-refractivity contribution in [3.05, 3.63) is 66.3 Å². The second-order valence-electron chi connectivity index (χ2n) is 6.29. The number of hydrogen-bond acceptors (Lipinski definition) is 4. The standard InChI is InChI=1S/C21H19N3S/c1-14(2)24-20-19-18(12-25-21(19)23-13-22-20)17-10-8-16(9-11-17)15-6-4-3-5-7-15/h3-14H,1-2H3,(H,22,23,24). The number of benzene rings is 2. The number of aromatic nitrogens is 2. The maximum Gasteiger partial charge on any atom is 0.139 e. The zero-order chi connectivity index (χ0) is 17.2. The number of fused-ring (bicyclic) bond motifs is 1. The molecule has 1 N–H and O–H groups in total. The number of hydrogen-bond donors (Lipinski definition) is 1. The Labute approximate surface area is 151 Å². The molecule has 4 rings (SSSR count). The van der Waals surface area contributed by atoms with Gasteiger partial charge in [-0.25, -0.2) is 9.97 Å². The maximum absolute atomic E-state index is 4.46. The third kappa shape index (κ3) is 3.13. The lowest BCUT2D eigenvalue weighted by atomic mass is 10.0. The minimum Gasteiger partial charge on any atom is -0.367 e. The van der Waals surface area contributed by atoms with Crippen molar-refractivity contribution < 1.29 is 0 Å². The van der Waals surface area contributed by atoms with E-state index in [1.54, 1.807) is 17.7 Å². The number of nitrogens with one attached hydrogen (secondary N) is 1. The van der Waals surface area contributed by atoms with Crippen LogP contribution in [0.1, 0.15) is 13.8 Å². The highest BCUT2D eigenvalue weighted by Crippen LogP contribution is 2.37. The molecule has 2 aromatic carbocycles. The van der Waals surface area contributed by atoms with Crippen LogP contribution < -0.4 is 5.32 Å². The molecule has 0 spiro atoms. The molecule has 4 heteroatoms. The van der Waals surface area contributed by atoms with E-state index in [2.05, 4.69) is 83.0 Å².